The van der Waals surface area contributed by atoms with E-state index in [9.17, 15) is 32.7 Å². The van der Waals surface area contributed by atoms with Gasteiger partial charge in [0.25, 0.3) is 0 Å². The molecular weight excluding hydrogens is 424 g/mol. The molecule has 0 spiro atoms. The number of hydrogen-bond donors (Lipinski definition) is 1. The van der Waals surface area contributed by atoms with Crippen LogP contribution in [0.1, 0.15) is 21.5 Å². The molecule has 0 aliphatic heterocycles. The number of alkyl halides is 3. The molecule has 4 rings (SSSR count). The first-order chi connectivity index (χ1) is 15.2. The summed E-state index contributed by atoms with van der Waals surface area (Å²) in [5, 5.41) is 19.3. The number of benzene rings is 3. The van der Waals surface area contributed by atoms with E-state index in [4.69, 9.17) is 0 Å². The monoisotopic (exact) mass is 436 g/mol. The van der Waals surface area contributed by atoms with Gasteiger partial charge in [-0.1, -0.05) is 36.4 Å². The zero-order valence-electron chi connectivity index (χ0n) is 16.1. The normalized spacial score (nSPS) is 11.3. The van der Waals surface area contributed by atoms with E-state index in [2.05, 4.69) is 4.98 Å². The van der Waals surface area contributed by atoms with E-state index in [-0.39, 0.29) is 27.7 Å². The van der Waals surface area contributed by atoms with Gasteiger partial charge in [-0.05, 0) is 41.5 Å². The molecule has 0 aliphatic rings. The molecule has 0 saturated carbocycles. The van der Waals surface area contributed by atoms with Crippen molar-refractivity contribution in [2.75, 3.05) is 0 Å². The van der Waals surface area contributed by atoms with E-state index in [0.29, 0.717) is 16.7 Å². The number of hydrogen-bond acceptors (Lipinski definition) is 3. The van der Waals surface area contributed by atoms with Gasteiger partial charge in [-0.15, -0.1) is 0 Å². The third-order valence-electron chi connectivity index (χ3n) is 4.95. The first-order valence-electron chi connectivity index (χ1n) is 9.24. The Morgan fingerprint density at radius 2 is 1.62 bits per heavy atom. The number of nitrogens with zero attached hydrogens (tertiary/aromatic N) is 2. The van der Waals surface area contributed by atoms with Crippen molar-refractivity contribution in [3.05, 3.63) is 89.2 Å². The molecule has 1 heterocycles. The van der Waals surface area contributed by atoms with Crippen molar-refractivity contribution in [3.63, 3.8) is 0 Å². The number of carbonyl (C=O) groups is 1. The quantitative estimate of drug-likeness (QED) is 0.383. The molecule has 0 saturated heterocycles. The lowest BCUT2D eigenvalue weighted by Gasteiger charge is -2.12. The Morgan fingerprint density at radius 1 is 0.938 bits per heavy atom. The van der Waals surface area contributed by atoms with E-state index in [1.54, 1.807) is 24.3 Å². The molecule has 0 radical (unpaired) electrons. The van der Waals surface area contributed by atoms with Crippen LogP contribution >= 0.6 is 0 Å². The fourth-order valence-electron chi connectivity index (χ4n) is 3.47. The number of aromatic carboxylic acids is 1. The van der Waals surface area contributed by atoms with Gasteiger partial charge in [0.15, 0.2) is 0 Å². The van der Waals surface area contributed by atoms with Crippen LogP contribution in [0.3, 0.4) is 0 Å². The Labute approximate surface area is 179 Å². The standard InChI is InChI=1S/C24H12F4N2O2/c25-17-8-9-20-18(11-17)21(23(31)32)19(12-29)22(30-20)14-6-4-13(5-7-14)15-2-1-3-16(10-15)24(26,27)28/h1-11H,(H,31,32). The molecule has 1 N–H and O–H groups in total. The predicted octanol–water partition coefficient (Wildman–Crippen LogP) is 6.30. The number of aromatic nitrogens is 1. The summed E-state index contributed by atoms with van der Waals surface area (Å²) in [5.41, 5.74) is 0.141. The van der Waals surface area contributed by atoms with Crippen LogP contribution in [0.25, 0.3) is 33.3 Å². The second kappa shape index (κ2) is 7.78. The van der Waals surface area contributed by atoms with Crippen LogP contribution in [0.5, 0.6) is 0 Å². The number of rotatable bonds is 3. The fourth-order valence-corrected chi connectivity index (χ4v) is 3.47. The van der Waals surface area contributed by atoms with Gasteiger partial charge in [0.1, 0.15) is 11.9 Å². The molecule has 1 aromatic heterocycles. The molecule has 0 fully saturated rings. The van der Waals surface area contributed by atoms with E-state index < -0.39 is 23.5 Å². The summed E-state index contributed by atoms with van der Waals surface area (Å²) in [6.07, 6.45) is -4.47. The predicted molar refractivity (Wildman–Crippen MR) is 109 cm³/mol. The van der Waals surface area contributed by atoms with Gasteiger partial charge in [-0.25, -0.2) is 14.2 Å². The van der Waals surface area contributed by atoms with Crippen LogP contribution in [0.4, 0.5) is 17.6 Å². The van der Waals surface area contributed by atoms with E-state index >= 15 is 0 Å². The SMILES string of the molecule is N#Cc1c(-c2ccc(-c3cccc(C(F)(F)F)c3)cc2)nc2ccc(F)cc2c1C(=O)O. The van der Waals surface area contributed by atoms with Crippen molar-refractivity contribution in [3.8, 4) is 28.5 Å². The molecular formula is C24H12F4N2O2. The first kappa shape index (κ1) is 21.0. The van der Waals surface area contributed by atoms with E-state index in [1.165, 1.54) is 18.2 Å². The first-order valence-corrected chi connectivity index (χ1v) is 9.24. The average Bonchev–Trinajstić information content (AvgIpc) is 2.77. The lowest BCUT2D eigenvalue weighted by molar-refractivity contribution is -0.137. The molecule has 0 atom stereocenters. The van der Waals surface area contributed by atoms with Crippen LogP contribution in [0.2, 0.25) is 0 Å². The molecule has 0 unspecified atom stereocenters. The van der Waals surface area contributed by atoms with Gasteiger partial charge in [0, 0.05) is 10.9 Å². The molecule has 32 heavy (non-hydrogen) atoms. The van der Waals surface area contributed by atoms with Crippen LogP contribution < -0.4 is 0 Å². The highest BCUT2D eigenvalue weighted by Gasteiger charge is 2.30. The number of halogens is 4. The minimum atomic E-state index is -4.47. The van der Waals surface area contributed by atoms with Crippen molar-refractivity contribution in [2.45, 2.75) is 6.18 Å². The van der Waals surface area contributed by atoms with Crippen molar-refractivity contribution < 1.29 is 27.5 Å². The maximum absolute atomic E-state index is 13.7. The fraction of sp³-hybridized carbons (Fsp3) is 0.0417. The van der Waals surface area contributed by atoms with Crippen LogP contribution in [0, 0.1) is 17.1 Å². The van der Waals surface area contributed by atoms with Crippen molar-refractivity contribution in [2.24, 2.45) is 0 Å². The van der Waals surface area contributed by atoms with Gasteiger partial charge in [-0.3, -0.25) is 0 Å². The Hall–Kier alpha value is -4.25. The van der Waals surface area contributed by atoms with Crippen molar-refractivity contribution in [1.82, 2.24) is 4.98 Å². The highest BCUT2D eigenvalue weighted by Crippen LogP contribution is 2.34. The van der Waals surface area contributed by atoms with Gasteiger partial charge in [0.2, 0.25) is 0 Å². The number of pyridine rings is 1. The largest absolute Gasteiger partial charge is 0.478 e. The maximum Gasteiger partial charge on any atom is 0.416 e. The number of nitriles is 1. The van der Waals surface area contributed by atoms with Crippen LogP contribution in [0.15, 0.2) is 66.7 Å². The summed E-state index contributed by atoms with van der Waals surface area (Å²) in [4.78, 5) is 16.2. The third-order valence-corrected chi connectivity index (χ3v) is 4.95. The van der Waals surface area contributed by atoms with E-state index in [0.717, 1.165) is 24.3 Å². The topological polar surface area (TPSA) is 74.0 Å². The third kappa shape index (κ3) is 3.76. The van der Waals surface area contributed by atoms with Gasteiger partial charge < -0.3 is 5.11 Å². The minimum Gasteiger partial charge on any atom is -0.478 e. The maximum atomic E-state index is 13.7. The zero-order valence-corrected chi connectivity index (χ0v) is 16.1. The average molecular weight is 436 g/mol. The summed E-state index contributed by atoms with van der Waals surface area (Å²) < 4.78 is 52.7. The van der Waals surface area contributed by atoms with Crippen molar-refractivity contribution >= 4 is 16.9 Å². The van der Waals surface area contributed by atoms with Crippen LogP contribution in [-0.2, 0) is 6.18 Å². The number of carboxylic acid groups (broad SMARTS) is 1. The smallest absolute Gasteiger partial charge is 0.416 e. The van der Waals surface area contributed by atoms with Crippen molar-refractivity contribution in [1.29, 1.82) is 5.26 Å². The molecule has 0 aliphatic carbocycles. The molecule has 8 heteroatoms. The second-order valence-electron chi connectivity index (χ2n) is 6.94. The summed E-state index contributed by atoms with van der Waals surface area (Å²) in [6, 6.07) is 16.3. The molecule has 0 amide bonds. The lowest BCUT2D eigenvalue weighted by Crippen LogP contribution is -2.06. The lowest BCUT2D eigenvalue weighted by atomic mass is 9.95. The molecule has 0 bridgehead atoms. The molecule has 4 nitrogen and oxygen atoms in total. The molecule has 158 valence electrons. The Bertz CT molecular complexity index is 1400. The summed E-state index contributed by atoms with van der Waals surface area (Å²) in [5.74, 6) is -2.06. The summed E-state index contributed by atoms with van der Waals surface area (Å²) >= 11 is 0. The number of fused-ring (bicyclic) bond motifs is 1. The Balaban J connectivity index is 1.85. The number of carboxylic acids is 1. The Kier molecular flexibility index (Phi) is 5.11. The zero-order chi connectivity index (χ0) is 23.0. The highest BCUT2D eigenvalue weighted by atomic mass is 19.4. The second-order valence-corrected chi connectivity index (χ2v) is 6.94. The Morgan fingerprint density at radius 3 is 2.25 bits per heavy atom. The van der Waals surface area contributed by atoms with E-state index in [1.807, 2.05) is 6.07 Å². The van der Waals surface area contributed by atoms with Gasteiger partial charge >= 0.3 is 12.1 Å². The molecule has 3 aromatic carbocycles. The summed E-state index contributed by atoms with van der Waals surface area (Å²) in [7, 11) is 0. The summed E-state index contributed by atoms with van der Waals surface area (Å²) in [6.45, 7) is 0. The van der Waals surface area contributed by atoms with Gasteiger partial charge in [-0.2, -0.15) is 18.4 Å². The highest BCUT2D eigenvalue weighted by molar-refractivity contribution is 6.06. The molecule has 4 aromatic rings. The minimum absolute atomic E-state index is 0.00149. The van der Waals surface area contributed by atoms with Gasteiger partial charge in [0.05, 0.1) is 27.9 Å². The van der Waals surface area contributed by atoms with Crippen LogP contribution in [-0.4, -0.2) is 16.1 Å².